The van der Waals surface area contributed by atoms with E-state index in [1.807, 2.05) is 18.2 Å². The van der Waals surface area contributed by atoms with Gasteiger partial charge in [-0.15, -0.1) is 0 Å². The second-order valence-corrected chi connectivity index (χ2v) is 8.95. The monoisotopic (exact) mass is 446 g/mol. The Morgan fingerprint density at radius 1 is 0.848 bits per heavy atom. The first-order valence-electron chi connectivity index (χ1n) is 11.8. The molecule has 1 aliphatic carbocycles. The summed E-state index contributed by atoms with van der Waals surface area (Å²) in [5.41, 5.74) is 3.86. The molecule has 1 saturated carbocycles. The van der Waals surface area contributed by atoms with Crippen LogP contribution in [0.15, 0.2) is 48.2 Å². The van der Waals surface area contributed by atoms with Gasteiger partial charge in [0.05, 0.1) is 19.8 Å². The number of carbonyl (C=O) groups is 2. The molecule has 0 N–H and O–H groups in total. The van der Waals surface area contributed by atoms with Gasteiger partial charge in [-0.25, -0.2) is 0 Å². The Kier molecular flexibility index (Phi) is 5.83. The van der Waals surface area contributed by atoms with Crippen molar-refractivity contribution in [1.82, 2.24) is 4.90 Å². The molecule has 1 fully saturated rings. The predicted molar refractivity (Wildman–Crippen MR) is 127 cm³/mol. The molecule has 0 radical (unpaired) electrons. The molecule has 0 aromatic heterocycles. The summed E-state index contributed by atoms with van der Waals surface area (Å²) in [6.07, 6.45) is 6.92. The number of carbonyl (C=O) groups excluding carboxylic acids is 2. The van der Waals surface area contributed by atoms with Crippen LogP contribution < -0.4 is 14.4 Å². The van der Waals surface area contributed by atoms with Crippen LogP contribution in [0.1, 0.15) is 49.7 Å². The molecular formula is C27H30N2O4. The number of fused-ring (bicyclic) bond motifs is 1. The van der Waals surface area contributed by atoms with Crippen LogP contribution >= 0.6 is 0 Å². The van der Waals surface area contributed by atoms with Gasteiger partial charge in [-0.1, -0.05) is 43.5 Å². The predicted octanol–water partition coefficient (Wildman–Crippen LogP) is 4.57. The molecule has 2 aliphatic heterocycles. The Morgan fingerprint density at radius 3 is 2.36 bits per heavy atom. The summed E-state index contributed by atoms with van der Waals surface area (Å²) in [5.74, 6) is 0.760. The first-order valence-corrected chi connectivity index (χ1v) is 11.8. The molecule has 2 amide bonds. The van der Waals surface area contributed by atoms with Crippen molar-refractivity contribution < 1.29 is 19.1 Å². The summed E-state index contributed by atoms with van der Waals surface area (Å²) in [4.78, 5) is 31.4. The Bertz CT molecular complexity index is 1120. The Morgan fingerprint density at radius 2 is 1.61 bits per heavy atom. The minimum atomic E-state index is -0.197. The van der Waals surface area contributed by atoms with Gasteiger partial charge < -0.3 is 14.4 Å². The van der Waals surface area contributed by atoms with Gasteiger partial charge in [-0.2, -0.15) is 0 Å². The van der Waals surface area contributed by atoms with Gasteiger partial charge in [-0.05, 0) is 55.0 Å². The van der Waals surface area contributed by atoms with Crippen LogP contribution in [0.5, 0.6) is 11.5 Å². The van der Waals surface area contributed by atoms with Gasteiger partial charge in [0.1, 0.15) is 5.70 Å². The topological polar surface area (TPSA) is 59.1 Å². The van der Waals surface area contributed by atoms with Crippen LogP contribution in [0.25, 0.3) is 5.57 Å². The summed E-state index contributed by atoms with van der Waals surface area (Å²) < 4.78 is 10.9. The van der Waals surface area contributed by atoms with Crippen molar-refractivity contribution >= 4 is 23.1 Å². The first-order chi connectivity index (χ1) is 16.1. The van der Waals surface area contributed by atoms with E-state index in [9.17, 15) is 9.59 Å². The second kappa shape index (κ2) is 8.93. The normalized spacial score (nSPS) is 19.2. The number of methoxy groups -OCH3 is 2. The Hall–Kier alpha value is -3.28. The molecule has 0 bridgehead atoms. The van der Waals surface area contributed by atoms with Crippen molar-refractivity contribution in [2.24, 2.45) is 0 Å². The van der Waals surface area contributed by atoms with Crippen LogP contribution in [-0.2, 0) is 16.0 Å². The van der Waals surface area contributed by atoms with Crippen LogP contribution in [0.2, 0.25) is 0 Å². The zero-order valence-electron chi connectivity index (χ0n) is 19.3. The van der Waals surface area contributed by atoms with Crippen molar-refractivity contribution in [3.05, 3.63) is 59.3 Å². The lowest BCUT2D eigenvalue weighted by molar-refractivity contribution is -0.140. The number of ether oxygens (including phenoxy) is 2. The third-order valence-electron chi connectivity index (χ3n) is 7.08. The Labute approximate surface area is 194 Å². The number of benzene rings is 2. The minimum absolute atomic E-state index is 0.0357. The van der Waals surface area contributed by atoms with E-state index in [0.717, 1.165) is 50.6 Å². The molecule has 6 heteroatoms. The maximum atomic E-state index is 13.9. The highest BCUT2D eigenvalue weighted by molar-refractivity contribution is 6.37. The number of hydrogen-bond donors (Lipinski definition) is 0. The van der Waals surface area contributed by atoms with Crippen LogP contribution in [0.3, 0.4) is 0 Å². The summed E-state index contributed by atoms with van der Waals surface area (Å²) in [7, 11) is 3.16. The minimum Gasteiger partial charge on any atom is -0.493 e. The van der Waals surface area contributed by atoms with Crippen LogP contribution in [0, 0.1) is 0 Å². The van der Waals surface area contributed by atoms with Crippen molar-refractivity contribution in [2.45, 2.75) is 51.0 Å². The van der Waals surface area contributed by atoms with Gasteiger partial charge in [0.15, 0.2) is 11.5 Å². The van der Waals surface area contributed by atoms with Gasteiger partial charge >= 0.3 is 0 Å². The number of rotatable bonds is 5. The highest BCUT2D eigenvalue weighted by Crippen LogP contribution is 2.41. The SMILES string of the molecule is COc1ccc(C2=C(N3CCCc4ccccc43)C(=O)N(C3CCCCC3)C2=O)cc1OC. The van der Waals surface area contributed by atoms with Crippen molar-refractivity contribution in [3.8, 4) is 11.5 Å². The van der Waals surface area contributed by atoms with E-state index in [2.05, 4.69) is 17.0 Å². The standard InChI is InChI=1S/C27H30N2O4/c1-32-22-15-14-19(17-23(22)33-2)24-25(28-16-8-10-18-9-6-7-13-21(18)28)27(31)29(26(24)30)20-11-4-3-5-12-20/h6-7,9,13-15,17,20H,3-5,8,10-12,16H2,1-2H3. The van der Waals surface area contributed by atoms with Crippen molar-refractivity contribution in [3.63, 3.8) is 0 Å². The van der Waals surface area contributed by atoms with Crippen LogP contribution in [-0.4, -0.2) is 43.5 Å². The van der Waals surface area contributed by atoms with E-state index in [-0.39, 0.29) is 17.9 Å². The third kappa shape index (κ3) is 3.67. The third-order valence-corrected chi connectivity index (χ3v) is 7.08. The Balaban J connectivity index is 1.66. The molecule has 0 saturated heterocycles. The molecule has 3 aliphatic rings. The number of imide groups is 1. The van der Waals surface area contributed by atoms with E-state index in [4.69, 9.17) is 9.47 Å². The molecule has 2 aromatic rings. The smallest absolute Gasteiger partial charge is 0.278 e. The van der Waals surface area contributed by atoms with Crippen molar-refractivity contribution in [2.75, 3.05) is 25.7 Å². The quantitative estimate of drug-likeness (QED) is 0.630. The highest BCUT2D eigenvalue weighted by Gasteiger charge is 2.45. The molecule has 172 valence electrons. The van der Waals surface area contributed by atoms with E-state index in [1.54, 1.807) is 26.4 Å². The van der Waals surface area contributed by atoms with E-state index >= 15 is 0 Å². The summed E-state index contributed by atoms with van der Waals surface area (Å²) in [6.45, 7) is 0.709. The number of nitrogens with zero attached hydrogens (tertiary/aromatic N) is 2. The zero-order valence-corrected chi connectivity index (χ0v) is 19.3. The zero-order chi connectivity index (χ0) is 22.9. The van der Waals surface area contributed by atoms with Gasteiger partial charge in [0, 0.05) is 18.3 Å². The van der Waals surface area contributed by atoms with Crippen molar-refractivity contribution in [1.29, 1.82) is 0 Å². The van der Waals surface area contributed by atoms with E-state index in [1.165, 1.54) is 10.5 Å². The molecule has 0 spiro atoms. The lowest BCUT2D eigenvalue weighted by atomic mass is 9.94. The molecule has 5 rings (SSSR count). The van der Waals surface area contributed by atoms with Crippen LogP contribution in [0.4, 0.5) is 5.69 Å². The molecule has 0 atom stereocenters. The summed E-state index contributed by atoms with van der Waals surface area (Å²) in [5, 5.41) is 0. The van der Waals surface area contributed by atoms with Gasteiger partial charge in [0.25, 0.3) is 11.8 Å². The molecular weight excluding hydrogens is 416 g/mol. The average molecular weight is 447 g/mol. The lowest BCUT2D eigenvalue weighted by Crippen LogP contribution is -2.44. The fraction of sp³-hybridized carbons (Fsp3) is 0.407. The number of anilines is 1. The molecule has 0 unspecified atom stereocenters. The number of hydrogen-bond acceptors (Lipinski definition) is 5. The largest absolute Gasteiger partial charge is 0.493 e. The maximum Gasteiger partial charge on any atom is 0.278 e. The second-order valence-electron chi connectivity index (χ2n) is 8.95. The number of aryl methyl sites for hydroxylation is 1. The summed E-state index contributed by atoms with van der Waals surface area (Å²) >= 11 is 0. The number of amides is 2. The molecule has 33 heavy (non-hydrogen) atoms. The molecule has 6 nitrogen and oxygen atoms in total. The van der Waals surface area contributed by atoms with E-state index in [0.29, 0.717) is 34.9 Å². The fourth-order valence-corrected chi connectivity index (χ4v) is 5.47. The first kappa shape index (κ1) is 21.6. The number of para-hydroxylation sites is 1. The molecule has 2 heterocycles. The van der Waals surface area contributed by atoms with E-state index < -0.39 is 0 Å². The molecule has 2 aromatic carbocycles. The highest BCUT2D eigenvalue weighted by atomic mass is 16.5. The summed E-state index contributed by atoms with van der Waals surface area (Å²) in [6, 6.07) is 13.6. The van der Waals surface area contributed by atoms with Gasteiger partial charge in [0.2, 0.25) is 0 Å². The fourth-order valence-electron chi connectivity index (χ4n) is 5.47. The van der Waals surface area contributed by atoms with Gasteiger partial charge in [-0.3, -0.25) is 14.5 Å². The lowest BCUT2D eigenvalue weighted by Gasteiger charge is -2.33. The maximum absolute atomic E-state index is 13.9. The average Bonchev–Trinajstić information content (AvgIpc) is 3.13.